The van der Waals surface area contributed by atoms with Crippen molar-refractivity contribution in [3.05, 3.63) is 24.3 Å². The average molecular weight is 1460 g/mol. The first-order valence-electron chi connectivity index (χ1n) is 41.3. The zero-order chi connectivity index (χ0) is 73.5. The lowest BCUT2D eigenvalue weighted by Crippen LogP contribution is -2.30. The monoisotopic (exact) mass is 1460 g/mol. The van der Waals surface area contributed by atoms with Crippen molar-refractivity contribution in [3.63, 3.8) is 0 Å². The van der Waals surface area contributed by atoms with Crippen molar-refractivity contribution < 1.29 is 80.2 Å². The fraction of sp³-hybridized carbons (Fsp3) is 0.901. The molecule has 0 bridgehead atoms. The Hall–Kier alpha value is -2.46. The fourth-order valence-electron chi connectivity index (χ4n) is 12.0. The van der Waals surface area contributed by atoms with Crippen molar-refractivity contribution >= 4 is 39.5 Å². The van der Waals surface area contributed by atoms with E-state index in [2.05, 4.69) is 65.8 Å². The Morgan fingerprint density at radius 3 is 0.900 bits per heavy atom. The smallest absolute Gasteiger partial charge is 0.462 e. The van der Waals surface area contributed by atoms with E-state index in [-0.39, 0.29) is 25.7 Å². The van der Waals surface area contributed by atoms with Crippen LogP contribution in [0.1, 0.15) is 401 Å². The number of allylic oxidation sites excluding steroid dienone is 4. The summed E-state index contributed by atoms with van der Waals surface area (Å²) in [6, 6.07) is 0. The van der Waals surface area contributed by atoms with Crippen LogP contribution in [0.3, 0.4) is 0 Å². The summed E-state index contributed by atoms with van der Waals surface area (Å²) < 4.78 is 68.7. The number of esters is 4. The summed E-state index contributed by atoms with van der Waals surface area (Å²) >= 11 is 0. The molecule has 0 saturated carbocycles. The zero-order valence-corrected chi connectivity index (χ0v) is 66.8. The molecule has 3 N–H and O–H groups in total. The lowest BCUT2D eigenvalue weighted by atomic mass is 9.99. The van der Waals surface area contributed by atoms with Crippen molar-refractivity contribution in [2.75, 3.05) is 39.6 Å². The summed E-state index contributed by atoms with van der Waals surface area (Å²) in [5.41, 5.74) is 0. The molecule has 0 aromatic rings. The maximum absolute atomic E-state index is 13.1. The predicted molar refractivity (Wildman–Crippen MR) is 409 cm³/mol. The highest BCUT2D eigenvalue weighted by Gasteiger charge is 2.30. The highest BCUT2D eigenvalue weighted by molar-refractivity contribution is 7.47. The van der Waals surface area contributed by atoms with Crippen LogP contribution in [-0.2, 0) is 65.4 Å². The van der Waals surface area contributed by atoms with Crippen LogP contribution in [-0.4, -0.2) is 96.7 Å². The van der Waals surface area contributed by atoms with Crippen LogP contribution in [0.25, 0.3) is 0 Å². The third-order valence-electron chi connectivity index (χ3n) is 18.7. The van der Waals surface area contributed by atoms with Crippen LogP contribution in [0.15, 0.2) is 24.3 Å². The maximum Gasteiger partial charge on any atom is 0.472 e. The second-order valence-electron chi connectivity index (χ2n) is 29.2. The van der Waals surface area contributed by atoms with Gasteiger partial charge < -0.3 is 33.8 Å². The van der Waals surface area contributed by atoms with Gasteiger partial charge in [0.1, 0.15) is 19.3 Å². The molecule has 0 rings (SSSR count). The molecule has 19 heteroatoms. The van der Waals surface area contributed by atoms with Crippen molar-refractivity contribution in [2.24, 2.45) is 11.8 Å². The molecule has 0 saturated heterocycles. The summed E-state index contributed by atoms with van der Waals surface area (Å²) in [5, 5.41) is 10.6. The number of phosphoric acid groups is 2. The molecule has 0 fully saturated rings. The van der Waals surface area contributed by atoms with E-state index in [4.69, 9.17) is 37.0 Å². The first-order valence-corrected chi connectivity index (χ1v) is 44.3. The Morgan fingerprint density at radius 2 is 0.590 bits per heavy atom. The Bertz CT molecular complexity index is 2020. The van der Waals surface area contributed by atoms with Crippen molar-refractivity contribution in [1.82, 2.24) is 0 Å². The second kappa shape index (κ2) is 72.1. The molecule has 17 nitrogen and oxygen atoms in total. The second-order valence-corrected chi connectivity index (χ2v) is 32.1. The number of ether oxygens (including phenoxy) is 4. The van der Waals surface area contributed by atoms with Gasteiger partial charge in [-0.1, -0.05) is 348 Å². The molecule has 100 heavy (non-hydrogen) atoms. The lowest BCUT2D eigenvalue weighted by Gasteiger charge is -2.21. The number of aliphatic hydroxyl groups excluding tert-OH is 1. The van der Waals surface area contributed by atoms with E-state index in [0.29, 0.717) is 25.7 Å². The van der Waals surface area contributed by atoms with Gasteiger partial charge in [-0.05, 0) is 63.2 Å². The highest BCUT2D eigenvalue weighted by atomic mass is 31.2. The molecule has 0 aliphatic carbocycles. The minimum absolute atomic E-state index is 0.102. The summed E-state index contributed by atoms with van der Waals surface area (Å²) in [4.78, 5) is 73.0. The van der Waals surface area contributed by atoms with E-state index >= 15 is 0 Å². The van der Waals surface area contributed by atoms with Crippen molar-refractivity contribution in [2.45, 2.75) is 419 Å². The quantitative estimate of drug-likeness (QED) is 0.0169. The zero-order valence-electron chi connectivity index (χ0n) is 65.0. The first kappa shape index (κ1) is 97.5. The van der Waals surface area contributed by atoms with E-state index in [0.717, 1.165) is 121 Å². The number of carbonyl (C=O) groups excluding carboxylic acids is 4. The minimum Gasteiger partial charge on any atom is -0.462 e. The number of hydrogen-bond donors (Lipinski definition) is 3. The third-order valence-corrected chi connectivity index (χ3v) is 20.6. The van der Waals surface area contributed by atoms with Gasteiger partial charge in [0.25, 0.3) is 0 Å². The predicted octanol–water partition coefficient (Wildman–Crippen LogP) is 23.8. The molecule has 6 atom stereocenters. The summed E-state index contributed by atoms with van der Waals surface area (Å²) in [6.07, 6.45) is 64.7. The molecule has 0 aliphatic heterocycles. The van der Waals surface area contributed by atoms with Gasteiger partial charge in [0.15, 0.2) is 12.2 Å². The molecule has 590 valence electrons. The van der Waals surface area contributed by atoms with Crippen LogP contribution in [0.2, 0.25) is 0 Å². The molecule has 0 radical (unpaired) electrons. The topological polar surface area (TPSA) is 237 Å². The summed E-state index contributed by atoms with van der Waals surface area (Å²) in [7, 11) is -9.93. The number of phosphoric ester groups is 2. The van der Waals surface area contributed by atoms with Gasteiger partial charge in [-0.3, -0.25) is 37.3 Å². The van der Waals surface area contributed by atoms with Crippen molar-refractivity contribution in [3.8, 4) is 0 Å². The molecule has 0 heterocycles. The fourth-order valence-corrected chi connectivity index (χ4v) is 13.5. The molecule has 0 aromatic carbocycles. The van der Waals surface area contributed by atoms with Gasteiger partial charge in [0, 0.05) is 25.7 Å². The van der Waals surface area contributed by atoms with Crippen LogP contribution in [0.4, 0.5) is 0 Å². The van der Waals surface area contributed by atoms with E-state index in [9.17, 15) is 43.2 Å². The number of unbranched alkanes of at least 4 members (excludes halogenated alkanes) is 44. The van der Waals surface area contributed by atoms with E-state index in [1.807, 2.05) is 0 Å². The number of carbonyl (C=O) groups is 4. The van der Waals surface area contributed by atoms with Gasteiger partial charge >= 0.3 is 39.5 Å². The number of rotatable bonds is 78. The Morgan fingerprint density at radius 1 is 0.330 bits per heavy atom. The largest absolute Gasteiger partial charge is 0.472 e. The molecule has 0 aromatic heterocycles. The van der Waals surface area contributed by atoms with Crippen LogP contribution in [0.5, 0.6) is 0 Å². The van der Waals surface area contributed by atoms with Crippen LogP contribution in [0, 0.1) is 11.8 Å². The number of aliphatic hydroxyl groups is 1. The minimum atomic E-state index is -4.97. The van der Waals surface area contributed by atoms with Gasteiger partial charge in [0.2, 0.25) is 0 Å². The van der Waals surface area contributed by atoms with E-state index in [1.54, 1.807) is 0 Å². The molecule has 0 amide bonds. The van der Waals surface area contributed by atoms with Crippen LogP contribution < -0.4 is 0 Å². The van der Waals surface area contributed by atoms with Crippen LogP contribution >= 0.6 is 15.6 Å². The average Bonchev–Trinajstić information content (AvgIpc) is 0.987. The Labute approximate surface area is 612 Å². The molecule has 3 unspecified atom stereocenters. The Kier molecular flexibility index (Phi) is 70.3. The maximum atomic E-state index is 13.1. The van der Waals surface area contributed by atoms with Crippen molar-refractivity contribution in [1.29, 1.82) is 0 Å². The molecule has 0 spiro atoms. The van der Waals surface area contributed by atoms with Gasteiger partial charge in [-0.2, -0.15) is 0 Å². The molecular weight excluding hydrogens is 1310 g/mol. The normalized spacial score (nSPS) is 14.3. The Balaban J connectivity index is 5.26. The van der Waals surface area contributed by atoms with E-state index in [1.165, 1.54) is 199 Å². The highest BCUT2D eigenvalue weighted by Crippen LogP contribution is 2.45. The van der Waals surface area contributed by atoms with E-state index < -0.39 is 97.5 Å². The third kappa shape index (κ3) is 72.5. The summed E-state index contributed by atoms with van der Waals surface area (Å²) in [6.45, 7) is 9.54. The van der Waals surface area contributed by atoms with Gasteiger partial charge in [-0.15, -0.1) is 0 Å². The SMILES string of the molecule is CCCCCC/C=C\C=C/CCCCCCCC(=O)OC[C@H](COP(=O)(O)OC[C@@H](O)COP(=O)(O)OC[C@@H](COC(=O)CCCCCCCCCCC(C)CC)OC(=O)CCCCCCCCCCCC(C)C)OC(=O)CCCCCCCCCCCCCCCCCCCCCCC. The molecule has 0 aliphatic rings. The van der Waals surface area contributed by atoms with Gasteiger partial charge in [0.05, 0.1) is 26.4 Å². The van der Waals surface area contributed by atoms with Gasteiger partial charge in [-0.25, -0.2) is 9.13 Å². The summed E-state index contributed by atoms with van der Waals surface area (Å²) in [5.74, 6) is -0.631. The molecular formula is C81H154O17P2. The first-order chi connectivity index (χ1) is 48.4. The standard InChI is InChI=1S/C81H154O17P2/c1-7-10-12-14-16-18-20-22-24-25-26-27-28-29-31-33-35-39-47-53-59-65-80(85)97-76(69-91-78(83)63-57-51-45-38-34-32-30-23-21-19-17-15-13-11-8-2)71-95-99(87,88)93-67-75(82)68-94-100(89,90)96-72-77(98-81(86)66-60-54-48-40-36-37-43-49-55-61-73(4)5)70-92-79(84)64-58-52-46-42-41-44-50-56-62-74(6)9-3/h19,21,23,30,73-77,82H,7-18,20,22,24-29,31-72H2,1-6H3,(H,87,88)(H,89,90)/b21-19-,30-23-/t74?,75-,76-,77-/m1/s1. The lowest BCUT2D eigenvalue weighted by molar-refractivity contribution is -0.161. The number of hydrogen-bond acceptors (Lipinski definition) is 15.